The van der Waals surface area contributed by atoms with Gasteiger partial charge in [0.15, 0.2) is 0 Å². The first-order chi connectivity index (χ1) is 15.3. The molecule has 5 heteroatoms. The number of hydrogen-bond donors (Lipinski definition) is 1. The molecule has 2 amide bonds. The molecule has 0 bridgehead atoms. The van der Waals surface area contributed by atoms with Gasteiger partial charge in [0.2, 0.25) is 5.91 Å². The van der Waals surface area contributed by atoms with Gasteiger partial charge >= 0.3 is 0 Å². The Morgan fingerprint density at radius 1 is 0.906 bits per heavy atom. The molecule has 0 aliphatic carbocycles. The van der Waals surface area contributed by atoms with E-state index in [4.69, 9.17) is 0 Å². The van der Waals surface area contributed by atoms with Crippen molar-refractivity contribution in [3.05, 3.63) is 71.8 Å². The lowest BCUT2D eigenvalue weighted by Gasteiger charge is -2.27. The van der Waals surface area contributed by atoms with Crippen LogP contribution in [0.2, 0.25) is 0 Å². The molecule has 32 heavy (non-hydrogen) atoms. The van der Waals surface area contributed by atoms with Gasteiger partial charge in [-0.3, -0.25) is 9.59 Å². The lowest BCUT2D eigenvalue weighted by molar-refractivity contribution is -0.129. The predicted octanol–water partition coefficient (Wildman–Crippen LogP) is 3.98. The lowest BCUT2D eigenvalue weighted by Crippen LogP contribution is -2.39. The molecule has 170 valence electrons. The van der Waals surface area contributed by atoms with Crippen LogP contribution in [0.5, 0.6) is 0 Å². The topological polar surface area (TPSA) is 52.7 Å². The van der Waals surface area contributed by atoms with Crippen molar-refractivity contribution in [3.8, 4) is 0 Å². The molecule has 2 saturated heterocycles. The van der Waals surface area contributed by atoms with E-state index in [1.54, 1.807) is 0 Å². The predicted molar refractivity (Wildman–Crippen MR) is 127 cm³/mol. The maximum atomic E-state index is 12.8. The average Bonchev–Trinajstić information content (AvgIpc) is 3.35. The number of nitrogens with zero attached hydrogens (tertiary/aromatic N) is 2. The van der Waals surface area contributed by atoms with Gasteiger partial charge in [-0.05, 0) is 36.0 Å². The number of nitrogens with one attached hydrogen (secondary N) is 1. The third-order valence-electron chi connectivity index (χ3n) is 6.79. The minimum absolute atomic E-state index is 0.0134. The molecule has 2 aliphatic rings. The molecule has 0 radical (unpaired) electrons. The Labute approximate surface area is 191 Å². The van der Waals surface area contributed by atoms with Gasteiger partial charge in [-0.2, -0.15) is 0 Å². The number of carbonyl (C=O) groups excluding carboxylic acids is 2. The third-order valence-corrected chi connectivity index (χ3v) is 6.79. The Kier molecular flexibility index (Phi) is 6.66. The van der Waals surface area contributed by atoms with Crippen molar-refractivity contribution in [1.29, 1.82) is 0 Å². The summed E-state index contributed by atoms with van der Waals surface area (Å²) >= 11 is 0. The molecular weight excluding hydrogens is 398 g/mol. The van der Waals surface area contributed by atoms with Crippen molar-refractivity contribution in [2.45, 2.75) is 33.2 Å². The van der Waals surface area contributed by atoms with Crippen LogP contribution in [0, 0.1) is 17.3 Å². The molecule has 2 aromatic rings. The summed E-state index contributed by atoms with van der Waals surface area (Å²) in [5.74, 6) is 1.32. The van der Waals surface area contributed by atoms with E-state index in [2.05, 4.69) is 22.3 Å². The second-order valence-electron chi connectivity index (χ2n) is 10.3. The van der Waals surface area contributed by atoms with Crippen molar-refractivity contribution >= 4 is 11.8 Å². The van der Waals surface area contributed by atoms with Crippen LogP contribution in [-0.4, -0.2) is 54.3 Å². The zero-order valence-corrected chi connectivity index (χ0v) is 19.5. The van der Waals surface area contributed by atoms with E-state index in [0.29, 0.717) is 11.8 Å². The molecule has 4 rings (SSSR count). The molecule has 1 N–H and O–H groups in total. The van der Waals surface area contributed by atoms with Crippen molar-refractivity contribution in [3.63, 3.8) is 0 Å². The summed E-state index contributed by atoms with van der Waals surface area (Å²) < 4.78 is 0. The third kappa shape index (κ3) is 5.21. The second kappa shape index (κ2) is 9.45. The van der Waals surface area contributed by atoms with E-state index in [1.807, 2.05) is 74.2 Å². The van der Waals surface area contributed by atoms with Gasteiger partial charge < -0.3 is 15.1 Å². The van der Waals surface area contributed by atoms with E-state index in [0.717, 1.165) is 50.3 Å². The molecule has 0 saturated carbocycles. The summed E-state index contributed by atoms with van der Waals surface area (Å²) in [6.45, 7) is 10.5. The van der Waals surface area contributed by atoms with Crippen molar-refractivity contribution < 1.29 is 9.59 Å². The highest BCUT2D eigenvalue weighted by molar-refractivity contribution is 5.94. The first-order valence-corrected chi connectivity index (χ1v) is 11.7. The van der Waals surface area contributed by atoms with Crippen molar-refractivity contribution in [2.24, 2.45) is 17.3 Å². The summed E-state index contributed by atoms with van der Waals surface area (Å²) in [5.41, 5.74) is 1.53. The molecule has 2 fully saturated rings. The zero-order valence-electron chi connectivity index (χ0n) is 19.5. The lowest BCUT2D eigenvalue weighted by atomic mass is 9.94. The molecule has 3 atom stereocenters. The largest absolute Gasteiger partial charge is 0.349 e. The SMILES string of the molecule is CC(C)(C)C(=O)N[C@@H](CCN1C[C@@H]2CN(C(=O)c3ccccc3)C[C@@H]2C1)c1ccccc1. The summed E-state index contributed by atoms with van der Waals surface area (Å²) in [6.07, 6.45) is 0.887. The highest BCUT2D eigenvalue weighted by Gasteiger charge is 2.41. The van der Waals surface area contributed by atoms with E-state index in [9.17, 15) is 9.59 Å². The standard InChI is InChI=1S/C27H35N3O2/c1-27(2,3)26(32)28-24(20-10-6-4-7-11-20)14-15-29-16-22-18-30(19-23(22)17-29)25(31)21-12-8-5-9-13-21/h4-13,22-24H,14-19H2,1-3H3,(H,28,32)/t22-,23+,24-/m0/s1. The Morgan fingerprint density at radius 2 is 1.47 bits per heavy atom. The smallest absolute Gasteiger partial charge is 0.253 e. The van der Waals surface area contributed by atoms with Crippen LogP contribution >= 0.6 is 0 Å². The quantitative estimate of drug-likeness (QED) is 0.750. The number of likely N-dealkylation sites (tertiary alicyclic amines) is 2. The maximum absolute atomic E-state index is 12.8. The Morgan fingerprint density at radius 3 is 2.03 bits per heavy atom. The van der Waals surface area contributed by atoms with Crippen LogP contribution in [0.1, 0.15) is 49.2 Å². The summed E-state index contributed by atoms with van der Waals surface area (Å²) in [5, 5.41) is 3.27. The molecular formula is C27H35N3O2. The Balaban J connectivity index is 1.32. The van der Waals surface area contributed by atoms with Gasteiger partial charge in [0.25, 0.3) is 5.91 Å². The summed E-state index contributed by atoms with van der Waals surface area (Å²) in [6, 6.07) is 19.9. The number of benzene rings is 2. The van der Waals surface area contributed by atoms with E-state index in [-0.39, 0.29) is 17.9 Å². The average molecular weight is 434 g/mol. The molecule has 0 spiro atoms. The number of rotatable bonds is 6. The highest BCUT2D eigenvalue weighted by atomic mass is 16.2. The van der Waals surface area contributed by atoms with Crippen LogP contribution in [0.15, 0.2) is 60.7 Å². The highest BCUT2D eigenvalue weighted by Crippen LogP contribution is 2.32. The normalized spacial score (nSPS) is 21.9. The zero-order chi connectivity index (χ0) is 22.7. The number of amides is 2. The monoisotopic (exact) mass is 433 g/mol. The maximum Gasteiger partial charge on any atom is 0.253 e. The second-order valence-corrected chi connectivity index (χ2v) is 10.3. The van der Waals surface area contributed by atoms with E-state index in [1.165, 1.54) is 0 Å². The van der Waals surface area contributed by atoms with E-state index >= 15 is 0 Å². The molecule has 2 aromatic carbocycles. The minimum atomic E-state index is -0.410. The van der Waals surface area contributed by atoms with Gasteiger partial charge in [0.05, 0.1) is 6.04 Å². The summed E-state index contributed by atoms with van der Waals surface area (Å²) in [4.78, 5) is 30.0. The van der Waals surface area contributed by atoms with Gasteiger partial charge in [-0.15, -0.1) is 0 Å². The molecule has 0 aromatic heterocycles. The Bertz CT molecular complexity index is 909. The van der Waals surface area contributed by atoms with Crippen LogP contribution in [-0.2, 0) is 4.79 Å². The molecule has 0 unspecified atom stereocenters. The molecule has 5 nitrogen and oxygen atoms in total. The first kappa shape index (κ1) is 22.5. The number of hydrogen-bond acceptors (Lipinski definition) is 3. The van der Waals surface area contributed by atoms with Gasteiger partial charge in [-0.1, -0.05) is 69.3 Å². The fourth-order valence-electron chi connectivity index (χ4n) is 4.90. The fraction of sp³-hybridized carbons (Fsp3) is 0.481. The van der Waals surface area contributed by atoms with Crippen LogP contribution in [0.3, 0.4) is 0 Å². The molecule has 2 heterocycles. The summed E-state index contributed by atoms with van der Waals surface area (Å²) in [7, 11) is 0. The van der Waals surface area contributed by atoms with Gasteiger partial charge in [-0.25, -0.2) is 0 Å². The molecule has 2 aliphatic heterocycles. The fourth-order valence-corrected chi connectivity index (χ4v) is 4.90. The van der Waals surface area contributed by atoms with Crippen LogP contribution in [0.4, 0.5) is 0 Å². The number of fused-ring (bicyclic) bond motifs is 1. The van der Waals surface area contributed by atoms with Gasteiger partial charge in [0, 0.05) is 43.7 Å². The van der Waals surface area contributed by atoms with Gasteiger partial charge in [0.1, 0.15) is 0 Å². The van der Waals surface area contributed by atoms with Crippen LogP contribution < -0.4 is 5.32 Å². The first-order valence-electron chi connectivity index (χ1n) is 11.7. The van der Waals surface area contributed by atoms with E-state index < -0.39 is 5.41 Å². The van der Waals surface area contributed by atoms with Crippen molar-refractivity contribution in [2.75, 3.05) is 32.7 Å². The van der Waals surface area contributed by atoms with Crippen LogP contribution in [0.25, 0.3) is 0 Å². The van der Waals surface area contributed by atoms with Crippen molar-refractivity contribution in [1.82, 2.24) is 15.1 Å². The Hall–Kier alpha value is -2.66. The minimum Gasteiger partial charge on any atom is -0.349 e. The number of carbonyl (C=O) groups is 2.